The van der Waals surface area contributed by atoms with Crippen molar-refractivity contribution in [1.29, 1.82) is 0 Å². The van der Waals surface area contributed by atoms with Crippen LogP contribution in [-0.4, -0.2) is 30.8 Å². The normalized spacial score (nSPS) is 12.1. The fourth-order valence-corrected chi connectivity index (χ4v) is 3.60. The molecule has 0 fully saturated rings. The van der Waals surface area contributed by atoms with E-state index in [1.54, 1.807) is 42.1 Å². The summed E-state index contributed by atoms with van der Waals surface area (Å²) in [7, 11) is 0. The molecule has 4 rings (SSSR count). The van der Waals surface area contributed by atoms with Gasteiger partial charge in [0.15, 0.2) is 0 Å². The van der Waals surface area contributed by atoms with Crippen LogP contribution in [0.1, 0.15) is 18.6 Å². The molecule has 0 saturated carbocycles. The highest BCUT2D eigenvalue weighted by atomic mass is 35.5. The van der Waals surface area contributed by atoms with Gasteiger partial charge in [0.2, 0.25) is 5.16 Å². The molecule has 4 aromatic rings. The van der Waals surface area contributed by atoms with Crippen molar-refractivity contribution in [2.24, 2.45) is 0 Å². The highest BCUT2D eigenvalue weighted by Gasteiger charge is 2.26. The molecule has 146 valence electrons. The first-order chi connectivity index (χ1) is 14.0. The lowest BCUT2D eigenvalue weighted by atomic mass is 10.0. The van der Waals surface area contributed by atoms with Crippen LogP contribution in [0.3, 0.4) is 0 Å². The van der Waals surface area contributed by atoms with E-state index in [-0.39, 0.29) is 11.0 Å². The molecule has 2 aromatic carbocycles. The number of benzene rings is 2. The lowest BCUT2D eigenvalue weighted by Gasteiger charge is -2.05. The van der Waals surface area contributed by atoms with Crippen LogP contribution in [0, 0.1) is 0 Å². The van der Waals surface area contributed by atoms with Gasteiger partial charge in [-0.05, 0) is 31.2 Å². The summed E-state index contributed by atoms with van der Waals surface area (Å²) in [5.41, 5.74) is 2.08. The zero-order valence-corrected chi connectivity index (χ0v) is 16.8. The van der Waals surface area contributed by atoms with E-state index < -0.39 is 11.9 Å². The SMILES string of the molecule is CC(C(=O)O)c1oc(Sc2nncn2-c2ccccc2)nc1-c1ccc(Cl)cc1. The largest absolute Gasteiger partial charge is 0.481 e. The van der Waals surface area contributed by atoms with Crippen LogP contribution in [0.2, 0.25) is 5.02 Å². The first-order valence-corrected chi connectivity index (χ1v) is 9.85. The fourth-order valence-electron chi connectivity index (χ4n) is 2.71. The molecular weight excluding hydrogens is 412 g/mol. The van der Waals surface area contributed by atoms with Crippen molar-refractivity contribution in [1.82, 2.24) is 19.7 Å². The topological polar surface area (TPSA) is 94.0 Å². The molecule has 1 unspecified atom stereocenters. The van der Waals surface area contributed by atoms with E-state index >= 15 is 0 Å². The molecule has 0 amide bonds. The summed E-state index contributed by atoms with van der Waals surface area (Å²) in [5, 5.41) is 19.0. The lowest BCUT2D eigenvalue weighted by molar-refractivity contribution is -0.138. The monoisotopic (exact) mass is 426 g/mol. The van der Waals surface area contributed by atoms with Crippen molar-refractivity contribution >= 4 is 29.3 Å². The van der Waals surface area contributed by atoms with Gasteiger partial charge in [-0.15, -0.1) is 10.2 Å². The number of hydrogen-bond acceptors (Lipinski definition) is 6. The molecule has 2 aromatic heterocycles. The summed E-state index contributed by atoms with van der Waals surface area (Å²) >= 11 is 7.14. The maximum absolute atomic E-state index is 11.6. The average Bonchev–Trinajstić information content (AvgIpc) is 3.36. The van der Waals surface area contributed by atoms with Crippen molar-refractivity contribution in [2.75, 3.05) is 0 Å². The van der Waals surface area contributed by atoms with Gasteiger partial charge in [0.1, 0.15) is 23.7 Å². The molecule has 0 radical (unpaired) electrons. The molecule has 1 atom stereocenters. The van der Waals surface area contributed by atoms with E-state index in [0.717, 1.165) is 11.3 Å². The third-order valence-corrected chi connectivity index (χ3v) is 5.31. The highest BCUT2D eigenvalue weighted by Crippen LogP contribution is 2.36. The molecule has 7 nitrogen and oxygen atoms in total. The Morgan fingerprint density at radius 3 is 2.59 bits per heavy atom. The van der Waals surface area contributed by atoms with Gasteiger partial charge in [-0.1, -0.05) is 41.9 Å². The number of oxazole rings is 1. The zero-order chi connectivity index (χ0) is 20.4. The molecule has 0 spiro atoms. The van der Waals surface area contributed by atoms with Gasteiger partial charge in [0, 0.05) is 28.0 Å². The summed E-state index contributed by atoms with van der Waals surface area (Å²) in [6, 6.07) is 16.6. The van der Waals surface area contributed by atoms with Gasteiger partial charge >= 0.3 is 5.97 Å². The Kier molecular flexibility index (Phi) is 5.37. The Morgan fingerprint density at radius 2 is 1.90 bits per heavy atom. The summed E-state index contributed by atoms with van der Waals surface area (Å²) in [4.78, 5) is 16.1. The van der Waals surface area contributed by atoms with E-state index in [1.807, 2.05) is 30.3 Å². The van der Waals surface area contributed by atoms with Crippen LogP contribution in [0.5, 0.6) is 0 Å². The number of aliphatic carboxylic acids is 1. The molecule has 29 heavy (non-hydrogen) atoms. The quantitative estimate of drug-likeness (QED) is 0.467. The number of halogens is 1. The third-order valence-electron chi connectivity index (χ3n) is 4.24. The summed E-state index contributed by atoms with van der Waals surface area (Å²) in [5.74, 6) is -1.59. The number of carbonyl (C=O) groups is 1. The molecule has 0 saturated heterocycles. The van der Waals surface area contributed by atoms with Gasteiger partial charge in [-0.2, -0.15) is 0 Å². The van der Waals surface area contributed by atoms with Gasteiger partial charge in [0.05, 0.1) is 0 Å². The highest BCUT2D eigenvalue weighted by molar-refractivity contribution is 7.99. The maximum Gasteiger partial charge on any atom is 0.314 e. The fraction of sp³-hybridized carbons (Fsp3) is 0.100. The van der Waals surface area contributed by atoms with E-state index in [0.29, 0.717) is 15.9 Å². The lowest BCUT2D eigenvalue weighted by Crippen LogP contribution is -2.07. The van der Waals surface area contributed by atoms with Gasteiger partial charge in [-0.3, -0.25) is 9.36 Å². The van der Waals surface area contributed by atoms with E-state index in [1.165, 1.54) is 11.8 Å². The standard InChI is InChI=1S/C20H15ClN4O3S/c1-12(18(26)27)17-16(13-7-9-14(21)10-8-13)23-20(28-17)29-19-24-22-11-25(19)15-5-3-2-4-6-15/h2-12H,1H3,(H,26,27). The van der Waals surface area contributed by atoms with Crippen molar-refractivity contribution in [3.8, 4) is 16.9 Å². The number of rotatable bonds is 6. The number of nitrogens with zero attached hydrogens (tertiary/aromatic N) is 4. The van der Waals surface area contributed by atoms with Crippen LogP contribution in [-0.2, 0) is 4.79 Å². The van der Waals surface area contributed by atoms with E-state index in [9.17, 15) is 9.90 Å². The second-order valence-electron chi connectivity index (χ2n) is 6.18. The molecule has 0 aliphatic heterocycles. The summed E-state index contributed by atoms with van der Waals surface area (Å²) in [6.07, 6.45) is 1.60. The zero-order valence-electron chi connectivity index (χ0n) is 15.2. The van der Waals surface area contributed by atoms with Crippen LogP contribution >= 0.6 is 23.4 Å². The predicted octanol–water partition coefficient (Wildman–Crippen LogP) is 4.92. The maximum atomic E-state index is 11.6. The molecule has 1 N–H and O–H groups in total. The van der Waals surface area contributed by atoms with Crippen molar-refractivity contribution < 1.29 is 14.3 Å². The minimum Gasteiger partial charge on any atom is -0.481 e. The van der Waals surface area contributed by atoms with Crippen LogP contribution in [0.25, 0.3) is 16.9 Å². The number of para-hydroxylation sites is 1. The molecular formula is C20H15ClN4O3S. The Bertz CT molecular complexity index is 1140. The van der Waals surface area contributed by atoms with Crippen molar-refractivity contribution in [3.63, 3.8) is 0 Å². The predicted molar refractivity (Wildman–Crippen MR) is 108 cm³/mol. The van der Waals surface area contributed by atoms with Gasteiger partial charge in [0.25, 0.3) is 5.22 Å². The number of aromatic nitrogens is 4. The van der Waals surface area contributed by atoms with Crippen LogP contribution < -0.4 is 0 Å². The Labute approximate surface area is 175 Å². The number of hydrogen-bond donors (Lipinski definition) is 1. The molecule has 9 heteroatoms. The number of carboxylic acid groups (broad SMARTS) is 1. The van der Waals surface area contributed by atoms with E-state index in [4.69, 9.17) is 16.0 Å². The summed E-state index contributed by atoms with van der Waals surface area (Å²) < 4.78 is 7.65. The second-order valence-corrected chi connectivity index (χ2v) is 7.54. The van der Waals surface area contributed by atoms with Crippen molar-refractivity contribution in [3.05, 3.63) is 71.7 Å². The van der Waals surface area contributed by atoms with Gasteiger partial charge < -0.3 is 9.52 Å². The number of carboxylic acids is 1. The smallest absolute Gasteiger partial charge is 0.314 e. The first kappa shape index (κ1) is 19.2. The van der Waals surface area contributed by atoms with Crippen LogP contribution in [0.4, 0.5) is 0 Å². The Hall–Kier alpha value is -3.10. The Balaban J connectivity index is 1.73. The molecule has 0 bridgehead atoms. The minimum absolute atomic E-state index is 0.271. The third kappa shape index (κ3) is 4.03. The Morgan fingerprint density at radius 1 is 1.17 bits per heavy atom. The van der Waals surface area contributed by atoms with E-state index in [2.05, 4.69) is 15.2 Å². The first-order valence-electron chi connectivity index (χ1n) is 8.65. The molecule has 0 aliphatic carbocycles. The van der Waals surface area contributed by atoms with Crippen molar-refractivity contribution in [2.45, 2.75) is 23.2 Å². The minimum atomic E-state index is -1.000. The summed E-state index contributed by atoms with van der Waals surface area (Å²) in [6.45, 7) is 1.56. The second kappa shape index (κ2) is 8.10. The molecule has 0 aliphatic rings. The average molecular weight is 427 g/mol. The van der Waals surface area contributed by atoms with Crippen LogP contribution in [0.15, 0.2) is 75.7 Å². The molecule has 2 heterocycles. The van der Waals surface area contributed by atoms with Gasteiger partial charge in [-0.25, -0.2) is 4.98 Å².